The van der Waals surface area contributed by atoms with Crippen LogP contribution < -0.4 is 5.32 Å². The summed E-state index contributed by atoms with van der Waals surface area (Å²) < 4.78 is 12.6. The molecule has 2 aromatic heterocycles. The molecule has 1 aliphatic heterocycles. The van der Waals surface area contributed by atoms with Gasteiger partial charge in [-0.25, -0.2) is 15.0 Å². The monoisotopic (exact) mass is 296 g/mol. The number of fused-ring (bicyclic) bond motifs is 1. The molecule has 9 heteroatoms. The van der Waals surface area contributed by atoms with E-state index in [1.165, 1.54) is 13.4 Å². The second-order valence-corrected chi connectivity index (χ2v) is 4.73. The fraction of sp³-hybridized carbons (Fsp3) is 0.583. The Morgan fingerprint density at radius 3 is 2.90 bits per heavy atom. The minimum absolute atomic E-state index is 0.291. The van der Waals surface area contributed by atoms with Crippen molar-refractivity contribution in [2.75, 3.05) is 26.1 Å². The number of aliphatic hydroxyl groups excluding tert-OH is 2. The zero-order chi connectivity index (χ0) is 15.0. The van der Waals surface area contributed by atoms with Gasteiger partial charge < -0.3 is 25.0 Å². The zero-order valence-corrected chi connectivity index (χ0v) is 11.7. The lowest BCUT2D eigenvalue weighted by molar-refractivity contribution is -0.0583. The van der Waals surface area contributed by atoms with Crippen LogP contribution in [0.25, 0.3) is 11.2 Å². The molecule has 114 valence electrons. The van der Waals surface area contributed by atoms with Crippen molar-refractivity contribution in [2.45, 2.75) is 24.5 Å². The number of imidazole rings is 1. The fourth-order valence-electron chi connectivity index (χ4n) is 2.57. The number of nitrogens with zero attached hydrogens (tertiary/aromatic N) is 4. The maximum absolute atomic E-state index is 10.1. The van der Waals surface area contributed by atoms with Crippen LogP contribution >= 0.6 is 0 Å². The molecular formula is C12H17N5O4. The van der Waals surface area contributed by atoms with E-state index in [0.29, 0.717) is 17.0 Å². The summed E-state index contributed by atoms with van der Waals surface area (Å²) in [5, 5.41) is 22.3. The normalized spacial score (nSPS) is 29.1. The molecular weight excluding hydrogens is 279 g/mol. The first-order chi connectivity index (χ1) is 10.2. The predicted molar refractivity (Wildman–Crippen MR) is 72.7 cm³/mol. The van der Waals surface area contributed by atoms with Crippen LogP contribution in [0.3, 0.4) is 0 Å². The Morgan fingerprint density at radius 2 is 2.24 bits per heavy atom. The van der Waals surface area contributed by atoms with Crippen molar-refractivity contribution in [3.63, 3.8) is 0 Å². The maximum Gasteiger partial charge on any atom is 0.167 e. The molecule has 0 saturated carbocycles. The smallest absolute Gasteiger partial charge is 0.167 e. The molecule has 0 radical (unpaired) electrons. The number of hydrogen-bond donors (Lipinski definition) is 3. The van der Waals surface area contributed by atoms with Gasteiger partial charge in [0.2, 0.25) is 0 Å². The summed E-state index contributed by atoms with van der Waals surface area (Å²) in [5.74, 6) is 0.602. The largest absolute Gasteiger partial charge is 0.394 e. The van der Waals surface area contributed by atoms with Gasteiger partial charge in [0.25, 0.3) is 0 Å². The Bertz CT molecular complexity index is 633. The number of anilines is 1. The first kappa shape index (κ1) is 14.1. The van der Waals surface area contributed by atoms with Crippen LogP contribution in [-0.2, 0) is 9.47 Å². The van der Waals surface area contributed by atoms with Crippen LogP contribution in [0.4, 0.5) is 5.82 Å². The fourth-order valence-corrected chi connectivity index (χ4v) is 2.57. The number of aromatic nitrogens is 4. The number of rotatable bonds is 4. The van der Waals surface area contributed by atoms with Crippen molar-refractivity contribution in [3.8, 4) is 0 Å². The molecule has 0 amide bonds. The van der Waals surface area contributed by atoms with E-state index in [1.807, 2.05) is 0 Å². The summed E-state index contributed by atoms with van der Waals surface area (Å²) in [5.41, 5.74) is 1.16. The van der Waals surface area contributed by atoms with Crippen LogP contribution in [-0.4, -0.2) is 68.8 Å². The average molecular weight is 296 g/mol. The van der Waals surface area contributed by atoms with Crippen LogP contribution in [0.2, 0.25) is 0 Å². The van der Waals surface area contributed by atoms with Gasteiger partial charge in [-0.15, -0.1) is 0 Å². The molecule has 21 heavy (non-hydrogen) atoms. The van der Waals surface area contributed by atoms with E-state index in [2.05, 4.69) is 20.3 Å². The van der Waals surface area contributed by atoms with E-state index in [-0.39, 0.29) is 6.61 Å². The van der Waals surface area contributed by atoms with Crippen molar-refractivity contribution >= 4 is 17.0 Å². The van der Waals surface area contributed by atoms with Crippen molar-refractivity contribution in [3.05, 3.63) is 12.7 Å². The van der Waals surface area contributed by atoms with Crippen LogP contribution in [0.1, 0.15) is 6.23 Å². The Labute approximate surface area is 120 Å². The Kier molecular flexibility index (Phi) is 3.72. The second-order valence-electron chi connectivity index (χ2n) is 4.73. The summed E-state index contributed by atoms with van der Waals surface area (Å²) in [6.45, 7) is -0.291. The third-order valence-electron chi connectivity index (χ3n) is 3.63. The average Bonchev–Trinajstić information content (AvgIpc) is 3.07. The van der Waals surface area contributed by atoms with Crippen molar-refractivity contribution < 1.29 is 19.7 Å². The van der Waals surface area contributed by atoms with Gasteiger partial charge in [-0.2, -0.15) is 0 Å². The zero-order valence-electron chi connectivity index (χ0n) is 11.7. The minimum atomic E-state index is -0.923. The first-order valence-electron chi connectivity index (χ1n) is 6.53. The number of nitrogens with one attached hydrogen (secondary N) is 1. The molecule has 1 fully saturated rings. The molecule has 9 nitrogen and oxygen atoms in total. The topological polar surface area (TPSA) is 115 Å². The van der Waals surface area contributed by atoms with Crippen LogP contribution in [0, 0.1) is 0 Å². The molecule has 0 unspecified atom stereocenters. The van der Waals surface area contributed by atoms with E-state index in [1.54, 1.807) is 17.9 Å². The highest BCUT2D eigenvalue weighted by Gasteiger charge is 2.45. The van der Waals surface area contributed by atoms with Crippen molar-refractivity contribution in [1.29, 1.82) is 0 Å². The van der Waals surface area contributed by atoms with Crippen molar-refractivity contribution in [2.24, 2.45) is 0 Å². The maximum atomic E-state index is 10.1. The van der Waals surface area contributed by atoms with Gasteiger partial charge in [-0.1, -0.05) is 0 Å². The van der Waals surface area contributed by atoms with Gasteiger partial charge in [0.1, 0.15) is 30.2 Å². The lowest BCUT2D eigenvalue weighted by atomic mass is 10.1. The third-order valence-corrected chi connectivity index (χ3v) is 3.63. The van der Waals surface area contributed by atoms with E-state index in [9.17, 15) is 10.2 Å². The van der Waals surface area contributed by atoms with Gasteiger partial charge in [0.15, 0.2) is 17.7 Å². The summed E-state index contributed by atoms with van der Waals surface area (Å²) in [6, 6.07) is 0. The van der Waals surface area contributed by atoms with Gasteiger partial charge in [0, 0.05) is 14.2 Å². The molecule has 4 atom stereocenters. The molecule has 0 bridgehead atoms. The van der Waals surface area contributed by atoms with E-state index in [4.69, 9.17) is 9.47 Å². The quantitative estimate of drug-likeness (QED) is 0.624. The Hall–Kier alpha value is -1.81. The molecule has 2 aromatic rings. The SMILES string of the molecule is CO[C@@H]1[C@H](O)[C@@H](CO)O[C@H]1n1cnc2c(N[13CH3])ncnc21. The Morgan fingerprint density at radius 1 is 1.43 bits per heavy atom. The van der Waals surface area contributed by atoms with Gasteiger partial charge in [-0.3, -0.25) is 4.57 Å². The molecule has 1 saturated heterocycles. The lowest BCUT2D eigenvalue weighted by Gasteiger charge is -2.19. The van der Waals surface area contributed by atoms with Gasteiger partial charge in [-0.05, 0) is 0 Å². The highest BCUT2D eigenvalue weighted by molar-refractivity contribution is 5.82. The van der Waals surface area contributed by atoms with E-state index < -0.39 is 24.5 Å². The van der Waals surface area contributed by atoms with E-state index >= 15 is 0 Å². The summed E-state index contributed by atoms with van der Waals surface area (Å²) in [6.07, 6.45) is 0.113. The molecule has 3 N–H and O–H groups in total. The van der Waals surface area contributed by atoms with Crippen LogP contribution in [0.15, 0.2) is 12.7 Å². The lowest BCUT2D eigenvalue weighted by Crippen LogP contribution is -2.34. The molecule has 3 heterocycles. The third kappa shape index (κ3) is 2.14. The number of ether oxygens (including phenoxy) is 2. The number of hydrogen-bond acceptors (Lipinski definition) is 8. The molecule has 3 rings (SSSR count). The molecule has 1 aliphatic rings. The number of aliphatic hydroxyl groups is 2. The van der Waals surface area contributed by atoms with Crippen LogP contribution in [0.5, 0.6) is 0 Å². The second kappa shape index (κ2) is 5.53. The molecule has 0 aromatic carbocycles. The van der Waals surface area contributed by atoms with Gasteiger partial charge >= 0.3 is 0 Å². The first-order valence-corrected chi connectivity index (χ1v) is 6.53. The molecule has 0 aliphatic carbocycles. The summed E-state index contributed by atoms with van der Waals surface area (Å²) >= 11 is 0. The highest BCUT2D eigenvalue weighted by atomic mass is 16.6. The standard InChI is InChI=1S/C12H17N5O4/c1-13-10-7-11(15-4-14-10)17(5-16-7)12-9(20-2)8(19)6(3-18)21-12/h4-6,8-9,12,18-19H,3H2,1-2H3,(H,13,14,15)/t6-,8-,9-,12-/m1/s1/i1+1. The number of methoxy groups -OCH3 is 1. The van der Waals surface area contributed by atoms with Crippen molar-refractivity contribution in [1.82, 2.24) is 19.5 Å². The predicted octanol–water partition coefficient (Wildman–Crippen LogP) is -0.866. The molecule has 0 spiro atoms. The summed E-state index contributed by atoms with van der Waals surface area (Å²) in [4.78, 5) is 12.6. The van der Waals surface area contributed by atoms with E-state index in [0.717, 1.165) is 0 Å². The highest BCUT2D eigenvalue weighted by Crippen LogP contribution is 2.33. The minimum Gasteiger partial charge on any atom is -0.394 e. The Balaban J connectivity index is 2.04. The summed E-state index contributed by atoms with van der Waals surface area (Å²) in [7, 11) is 3.23. The van der Waals surface area contributed by atoms with Gasteiger partial charge in [0.05, 0.1) is 12.9 Å².